The smallest absolute Gasteiger partial charge is 0.335 e. The van der Waals surface area contributed by atoms with Gasteiger partial charge in [-0.3, -0.25) is 4.79 Å². The average molecular weight is 300 g/mol. The third-order valence-corrected chi connectivity index (χ3v) is 4.19. The van der Waals surface area contributed by atoms with Gasteiger partial charge >= 0.3 is 12.0 Å². The minimum Gasteiger partial charge on any atom is -0.478 e. The molecule has 0 radical (unpaired) electrons. The average Bonchev–Trinajstić information content (AvgIpc) is 2.43. The van der Waals surface area contributed by atoms with Crippen molar-refractivity contribution in [3.63, 3.8) is 0 Å². The maximum Gasteiger partial charge on any atom is 0.335 e. The van der Waals surface area contributed by atoms with E-state index in [9.17, 15) is 14.4 Å². The van der Waals surface area contributed by atoms with Gasteiger partial charge in [0, 0.05) is 12.7 Å². The summed E-state index contributed by atoms with van der Waals surface area (Å²) >= 11 is 0. The van der Waals surface area contributed by atoms with E-state index >= 15 is 0 Å². The van der Waals surface area contributed by atoms with Crippen molar-refractivity contribution >= 4 is 23.6 Å². The van der Waals surface area contributed by atoms with E-state index in [0.717, 1.165) is 29.9 Å². The highest BCUT2D eigenvalue weighted by Crippen LogP contribution is 2.35. The summed E-state index contributed by atoms with van der Waals surface area (Å²) in [5.41, 5.74) is 2.51. The number of carbonyl (C=O) groups is 3. The van der Waals surface area contributed by atoms with Gasteiger partial charge < -0.3 is 10.0 Å². The van der Waals surface area contributed by atoms with Gasteiger partial charge in [0.05, 0.1) is 17.7 Å². The molecule has 2 fully saturated rings. The predicted molar refractivity (Wildman–Crippen MR) is 79.5 cm³/mol. The number of amides is 3. The summed E-state index contributed by atoms with van der Waals surface area (Å²) in [6.07, 6.45) is 3.22. The molecule has 1 aliphatic carbocycles. The molecular weight excluding hydrogens is 284 g/mol. The van der Waals surface area contributed by atoms with Crippen LogP contribution in [0.1, 0.15) is 36.0 Å². The van der Waals surface area contributed by atoms with Gasteiger partial charge in [0.2, 0.25) is 5.91 Å². The van der Waals surface area contributed by atoms with Crippen LogP contribution < -0.4 is 4.90 Å². The minimum absolute atomic E-state index is 0.117. The number of imide groups is 1. The van der Waals surface area contributed by atoms with Gasteiger partial charge in [0.1, 0.15) is 0 Å². The van der Waals surface area contributed by atoms with Crippen molar-refractivity contribution in [2.24, 2.45) is 0 Å². The first-order valence-corrected chi connectivity index (χ1v) is 7.14. The van der Waals surface area contributed by atoms with Crippen molar-refractivity contribution in [2.45, 2.75) is 25.7 Å². The summed E-state index contributed by atoms with van der Waals surface area (Å²) in [4.78, 5) is 38.3. The summed E-state index contributed by atoms with van der Waals surface area (Å²) in [7, 11) is 1.67. The summed E-state index contributed by atoms with van der Waals surface area (Å²) in [6, 6.07) is 5.34. The van der Waals surface area contributed by atoms with E-state index in [0.29, 0.717) is 5.69 Å². The highest BCUT2D eigenvalue weighted by atomic mass is 16.4. The second-order valence-electron chi connectivity index (χ2n) is 5.50. The Balaban J connectivity index is 1.90. The number of allylic oxidation sites excluding steroid dienone is 1. The molecule has 1 N–H and O–H groups in total. The van der Waals surface area contributed by atoms with Crippen LogP contribution >= 0.6 is 0 Å². The zero-order valence-corrected chi connectivity index (χ0v) is 12.2. The van der Waals surface area contributed by atoms with Crippen LogP contribution in [0.4, 0.5) is 10.5 Å². The Morgan fingerprint density at radius 2 is 1.77 bits per heavy atom. The van der Waals surface area contributed by atoms with E-state index in [1.54, 1.807) is 7.05 Å². The van der Waals surface area contributed by atoms with Crippen molar-refractivity contribution < 1.29 is 19.5 Å². The van der Waals surface area contributed by atoms with Crippen LogP contribution in [0.15, 0.2) is 35.5 Å². The highest BCUT2D eigenvalue weighted by molar-refractivity contribution is 6.17. The molecule has 2 aliphatic rings. The Kier molecular flexibility index (Phi) is 3.44. The first-order chi connectivity index (χ1) is 10.5. The first-order valence-electron chi connectivity index (χ1n) is 7.14. The Morgan fingerprint density at radius 1 is 1.14 bits per heavy atom. The van der Waals surface area contributed by atoms with Gasteiger partial charge in [-0.05, 0) is 49.1 Å². The maximum atomic E-state index is 12.5. The quantitative estimate of drug-likeness (QED) is 0.910. The molecule has 1 aliphatic heterocycles. The molecule has 1 saturated carbocycles. The molecule has 1 heterocycles. The minimum atomic E-state index is -1.04. The van der Waals surface area contributed by atoms with Gasteiger partial charge in [-0.1, -0.05) is 0 Å². The fourth-order valence-electron chi connectivity index (χ4n) is 2.72. The topological polar surface area (TPSA) is 77.9 Å². The van der Waals surface area contributed by atoms with Crippen LogP contribution in [0.5, 0.6) is 0 Å². The molecule has 0 spiro atoms. The lowest BCUT2D eigenvalue weighted by Gasteiger charge is -2.36. The van der Waals surface area contributed by atoms with Crippen molar-refractivity contribution in [2.75, 3.05) is 11.9 Å². The van der Waals surface area contributed by atoms with Crippen LogP contribution in [0.25, 0.3) is 0 Å². The van der Waals surface area contributed by atoms with Gasteiger partial charge in [-0.15, -0.1) is 0 Å². The van der Waals surface area contributed by atoms with Crippen LogP contribution in [0.3, 0.4) is 0 Å². The van der Waals surface area contributed by atoms with Crippen molar-refractivity contribution in [3.05, 3.63) is 41.1 Å². The monoisotopic (exact) mass is 300 g/mol. The number of rotatable bonds is 2. The lowest BCUT2D eigenvalue weighted by atomic mass is 9.88. The number of aromatic carboxylic acids is 1. The lowest BCUT2D eigenvalue weighted by molar-refractivity contribution is -0.118. The number of hydrogen-bond donors (Lipinski definition) is 1. The van der Waals surface area contributed by atoms with E-state index in [2.05, 4.69) is 0 Å². The number of carbonyl (C=O) groups excluding carboxylic acids is 2. The molecule has 6 heteroatoms. The van der Waals surface area contributed by atoms with E-state index in [-0.39, 0.29) is 17.9 Å². The van der Waals surface area contributed by atoms with Crippen molar-refractivity contribution in [1.29, 1.82) is 0 Å². The Morgan fingerprint density at radius 3 is 2.27 bits per heavy atom. The third-order valence-electron chi connectivity index (χ3n) is 4.19. The third kappa shape index (κ3) is 2.26. The van der Waals surface area contributed by atoms with E-state index < -0.39 is 12.0 Å². The van der Waals surface area contributed by atoms with Crippen LogP contribution in [0.2, 0.25) is 0 Å². The first kappa shape index (κ1) is 14.3. The number of carboxylic acids is 1. The van der Waals surface area contributed by atoms with Crippen molar-refractivity contribution in [1.82, 2.24) is 4.90 Å². The molecule has 0 bridgehead atoms. The Hall–Kier alpha value is -2.63. The molecule has 1 saturated heterocycles. The molecule has 22 heavy (non-hydrogen) atoms. The van der Waals surface area contributed by atoms with E-state index in [1.165, 1.54) is 34.7 Å². The summed E-state index contributed by atoms with van der Waals surface area (Å²) < 4.78 is 0. The summed E-state index contributed by atoms with van der Waals surface area (Å²) in [5, 5.41) is 8.90. The van der Waals surface area contributed by atoms with Gasteiger partial charge in [-0.2, -0.15) is 0 Å². The van der Waals surface area contributed by atoms with Crippen LogP contribution in [0, 0.1) is 0 Å². The number of anilines is 1. The zero-order valence-electron chi connectivity index (χ0n) is 12.2. The number of benzene rings is 1. The van der Waals surface area contributed by atoms with Crippen LogP contribution in [-0.4, -0.2) is 35.0 Å². The predicted octanol–water partition coefficient (Wildman–Crippen LogP) is 2.61. The lowest BCUT2D eigenvalue weighted by Crippen LogP contribution is -2.50. The molecular formula is C16H16N2O4. The molecule has 0 unspecified atom stereocenters. The second kappa shape index (κ2) is 5.29. The largest absolute Gasteiger partial charge is 0.478 e. The molecule has 1 aromatic rings. The Labute approximate surface area is 127 Å². The molecule has 3 rings (SSSR count). The molecule has 0 atom stereocenters. The summed E-state index contributed by atoms with van der Waals surface area (Å²) in [6.45, 7) is 0. The molecule has 114 valence electrons. The standard InChI is InChI=1S/C16H16N2O4/c1-17-13(10-3-2-4-10)9-14(19)18(16(17)22)12-7-5-11(6-8-12)15(20)21/h5-8H,2-4,9H2,1H3,(H,20,21). The second-order valence-corrected chi connectivity index (χ2v) is 5.50. The molecule has 1 aromatic carbocycles. The van der Waals surface area contributed by atoms with E-state index in [4.69, 9.17) is 5.11 Å². The van der Waals surface area contributed by atoms with Gasteiger partial charge in [-0.25, -0.2) is 14.5 Å². The maximum absolute atomic E-state index is 12.5. The SMILES string of the molecule is CN1C(=O)N(c2ccc(C(=O)O)cc2)C(=O)CC1=C1CCC1. The Bertz CT molecular complexity index is 685. The zero-order chi connectivity index (χ0) is 15.9. The highest BCUT2D eigenvalue weighted by Gasteiger charge is 2.36. The number of hydrogen-bond acceptors (Lipinski definition) is 3. The molecule has 0 aromatic heterocycles. The normalized spacial score (nSPS) is 18.6. The van der Waals surface area contributed by atoms with Gasteiger partial charge in [0.25, 0.3) is 0 Å². The van der Waals surface area contributed by atoms with Crippen molar-refractivity contribution in [3.8, 4) is 0 Å². The number of urea groups is 1. The number of nitrogens with zero attached hydrogens (tertiary/aromatic N) is 2. The summed E-state index contributed by atoms with van der Waals surface area (Å²) in [5.74, 6) is -1.32. The number of carboxylic acid groups (broad SMARTS) is 1. The van der Waals surface area contributed by atoms with Gasteiger partial charge in [0.15, 0.2) is 0 Å². The molecule has 6 nitrogen and oxygen atoms in total. The fraction of sp³-hybridized carbons (Fsp3) is 0.312. The van der Waals surface area contributed by atoms with E-state index in [1.807, 2.05) is 0 Å². The van der Waals surface area contributed by atoms with Crippen LogP contribution in [-0.2, 0) is 4.79 Å². The molecule has 3 amide bonds. The fourth-order valence-corrected chi connectivity index (χ4v) is 2.72.